The van der Waals surface area contributed by atoms with Crippen molar-refractivity contribution in [1.29, 1.82) is 0 Å². The van der Waals surface area contributed by atoms with Gasteiger partial charge in [-0.2, -0.15) is 0 Å². The molecule has 0 spiro atoms. The molecular weight excluding hydrogens is 322 g/mol. The molecule has 0 atom stereocenters. The van der Waals surface area contributed by atoms with Crippen LogP contribution in [0.25, 0.3) is 0 Å². The number of carboxylic acids is 1. The molecule has 0 heterocycles. The lowest BCUT2D eigenvalue weighted by Gasteiger charge is -2.06. The smallest absolute Gasteiger partial charge is 0.337 e. The summed E-state index contributed by atoms with van der Waals surface area (Å²) in [4.78, 5) is 11.0. The van der Waals surface area contributed by atoms with E-state index in [1.54, 1.807) is 6.07 Å². The van der Waals surface area contributed by atoms with E-state index in [2.05, 4.69) is 6.92 Å². The van der Waals surface area contributed by atoms with Crippen molar-refractivity contribution in [3.63, 3.8) is 0 Å². The van der Waals surface area contributed by atoms with E-state index < -0.39 is 5.97 Å². The average molecular weight is 362 g/mol. The molecule has 3 heteroatoms. The number of nitrogens with two attached hydrogens (primary N) is 1. The Morgan fingerprint density at radius 1 is 0.808 bits per heavy atom. The van der Waals surface area contributed by atoms with Gasteiger partial charge in [0.05, 0.1) is 5.56 Å². The Hall–Kier alpha value is -1.51. The Labute approximate surface area is 160 Å². The summed E-state index contributed by atoms with van der Waals surface area (Å²) in [5, 5.41) is 8.98. The molecule has 1 aromatic carbocycles. The maximum atomic E-state index is 11.0. The van der Waals surface area contributed by atoms with Crippen LogP contribution < -0.4 is 5.73 Å². The Bertz CT molecular complexity index is 499. The van der Waals surface area contributed by atoms with Gasteiger partial charge >= 0.3 is 5.97 Å². The lowest BCUT2D eigenvalue weighted by Crippen LogP contribution is -2.03. The summed E-state index contributed by atoms with van der Waals surface area (Å²) < 4.78 is 0. The van der Waals surface area contributed by atoms with Crippen molar-refractivity contribution < 1.29 is 9.90 Å². The molecule has 0 unspecified atom stereocenters. The third kappa shape index (κ3) is 10.5. The second-order valence-corrected chi connectivity index (χ2v) is 7.57. The van der Waals surface area contributed by atoms with Gasteiger partial charge in [-0.25, -0.2) is 4.79 Å². The summed E-state index contributed by atoms with van der Waals surface area (Å²) >= 11 is 0. The van der Waals surface area contributed by atoms with Crippen LogP contribution >= 0.6 is 0 Å². The first-order chi connectivity index (χ1) is 12.6. The third-order valence-electron chi connectivity index (χ3n) is 5.17. The van der Waals surface area contributed by atoms with Crippen LogP contribution in [0.2, 0.25) is 0 Å². The molecule has 0 amide bonds. The number of benzene rings is 1. The van der Waals surface area contributed by atoms with Crippen LogP contribution in [0.15, 0.2) is 18.2 Å². The van der Waals surface area contributed by atoms with E-state index in [1.165, 1.54) is 83.5 Å². The van der Waals surface area contributed by atoms with Crippen molar-refractivity contribution in [2.75, 3.05) is 5.73 Å². The second kappa shape index (κ2) is 14.6. The summed E-state index contributed by atoms with van der Waals surface area (Å²) in [6, 6.07) is 5.32. The van der Waals surface area contributed by atoms with Crippen molar-refractivity contribution in [2.24, 2.45) is 0 Å². The third-order valence-corrected chi connectivity index (χ3v) is 5.17. The lowest BCUT2D eigenvalue weighted by molar-refractivity contribution is 0.0698. The van der Waals surface area contributed by atoms with Gasteiger partial charge in [0, 0.05) is 5.69 Å². The molecule has 1 rings (SSSR count). The molecular formula is C23H39NO2. The number of aryl methyl sites for hydroxylation is 1. The maximum absolute atomic E-state index is 11.0. The van der Waals surface area contributed by atoms with Crippen LogP contribution in [0.1, 0.15) is 113 Å². The van der Waals surface area contributed by atoms with Gasteiger partial charge in [-0.3, -0.25) is 0 Å². The highest BCUT2D eigenvalue weighted by molar-refractivity contribution is 5.93. The highest BCUT2D eigenvalue weighted by atomic mass is 16.4. The van der Waals surface area contributed by atoms with Crippen molar-refractivity contribution >= 4 is 11.7 Å². The van der Waals surface area contributed by atoms with Gasteiger partial charge in [0.1, 0.15) is 0 Å². The molecule has 0 bridgehead atoms. The fourth-order valence-electron chi connectivity index (χ4n) is 3.49. The lowest BCUT2D eigenvalue weighted by atomic mass is 10.0. The SMILES string of the molecule is CCCCCCCCCCCCCCCCc1ccc(C(=O)O)c(N)c1. The molecule has 0 aliphatic carbocycles. The van der Waals surface area contributed by atoms with Gasteiger partial charge in [-0.1, -0.05) is 96.5 Å². The minimum absolute atomic E-state index is 0.203. The first-order valence-corrected chi connectivity index (χ1v) is 10.8. The summed E-state index contributed by atoms with van der Waals surface area (Å²) in [5.41, 5.74) is 7.52. The fourth-order valence-corrected chi connectivity index (χ4v) is 3.49. The van der Waals surface area contributed by atoms with Crippen molar-refractivity contribution in [1.82, 2.24) is 0 Å². The number of hydrogen-bond donors (Lipinski definition) is 2. The molecule has 0 aliphatic heterocycles. The van der Waals surface area contributed by atoms with Crippen molar-refractivity contribution in [3.8, 4) is 0 Å². The van der Waals surface area contributed by atoms with Crippen LogP contribution in [-0.2, 0) is 6.42 Å². The van der Waals surface area contributed by atoms with Crippen LogP contribution in [0.4, 0.5) is 5.69 Å². The van der Waals surface area contributed by atoms with Crippen LogP contribution in [0.3, 0.4) is 0 Å². The summed E-state index contributed by atoms with van der Waals surface area (Å²) in [7, 11) is 0. The van der Waals surface area contributed by atoms with E-state index in [0.29, 0.717) is 5.69 Å². The molecule has 148 valence electrons. The van der Waals surface area contributed by atoms with Gasteiger partial charge in [-0.15, -0.1) is 0 Å². The number of rotatable bonds is 16. The molecule has 1 aromatic rings. The van der Waals surface area contributed by atoms with Crippen LogP contribution in [-0.4, -0.2) is 11.1 Å². The highest BCUT2D eigenvalue weighted by Gasteiger charge is 2.07. The van der Waals surface area contributed by atoms with Crippen LogP contribution in [0.5, 0.6) is 0 Å². The van der Waals surface area contributed by atoms with Gasteiger partial charge in [0.25, 0.3) is 0 Å². The van der Waals surface area contributed by atoms with Gasteiger partial charge in [-0.05, 0) is 30.5 Å². The number of nitrogen functional groups attached to an aromatic ring is 1. The zero-order valence-corrected chi connectivity index (χ0v) is 16.8. The topological polar surface area (TPSA) is 63.3 Å². The standard InChI is InChI=1S/C23H39NO2/c1-2-3-4-5-6-7-8-9-10-11-12-13-14-15-16-20-17-18-21(23(25)26)22(24)19-20/h17-19H,2-16,24H2,1H3,(H,25,26). The first kappa shape index (κ1) is 22.5. The quantitative estimate of drug-likeness (QED) is 0.246. The van der Waals surface area contributed by atoms with Gasteiger partial charge < -0.3 is 10.8 Å². The molecule has 26 heavy (non-hydrogen) atoms. The Morgan fingerprint density at radius 2 is 1.27 bits per heavy atom. The predicted octanol–water partition coefficient (Wildman–Crippen LogP) is 6.99. The number of aromatic carboxylic acids is 1. The van der Waals surface area contributed by atoms with Gasteiger partial charge in [0.15, 0.2) is 0 Å². The molecule has 0 saturated carbocycles. The normalized spacial score (nSPS) is 11.0. The number of unbranched alkanes of at least 4 members (excludes halogenated alkanes) is 13. The fraction of sp³-hybridized carbons (Fsp3) is 0.696. The van der Waals surface area contributed by atoms with E-state index in [9.17, 15) is 4.79 Å². The maximum Gasteiger partial charge on any atom is 0.337 e. The molecule has 0 aliphatic rings. The van der Waals surface area contributed by atoms with E-state index in [1.807, 2.05) is 12.1 Å². The van der Waals surface area contributed by atoms with E-state index in [0.717, 1.165) is 18.4 Å². The molecule has 0 aromatic heterocycles. The Morgan fingerprint density at radius 3 is 1.69 bits per heavy atom. The molecule has 3 N–H and O–H groups in total. The van der Waals surface area contributed by atoms with E-state index in [4.69, 9.17) is 10.8 Å². The number of carboxylic acid groups (broad SMARTS) is 1. The Balaban J connectivity index is 1.92. The van der Waals surface area contributed by atoms with Gasteiger partial charge in [0.2, 0.25) is 0 Å². The minimum Gasteiger partial charge on any atom is -0.478 e. The average Bonchev–Trinajstić information content (AvgIpc) is 2.61. The minimum atomic E-state index is -0.953. The molecule has 3 nitrogen and oxygen atoms in total. The predicted molar refractivity (Wildman–Crippen MR) is 112 cm³/mol. The summed E-state index contributed by atoms with van der Waals surface area (Å²) in [6.45, 7) is 2.27. The monoisotopic (exact) mass is 361 g/mol. The number of hydrogen-bond acceptors (Lipinski definition) is 2. The molecule has 0 saturated heterocycles. The zero-order chi connectivity index (χ0) is 19.0. The van der Waals surface area contributed by atoms with Crippen LogP contribution in [0, 0.1) is 0 Å². The summed E-state index contributed by atoms with van der Waals surface area (Å²) in [5.74, 6) is -0.953. The first-order valence-electron chi connectivity index (χ1n) is 10.8. The zero-order valence-electron chi connectivity index (χ0n) is 16.8. The van der Waals surface area contributed by atoms with E-state index >= 15 is 0 Å². The second-order valence-electron chi connectivity index (χ2n) is 7.57. The number of anilines is 1. The van der Waals surface area contributed by atoms with E-state index in [-0.39, 0.29) is 5.56 Å². The highest BCUT2D eigenvalue weighted by Crippen LogP contribution is 2.17. The Kier molecular flexibility index (Phi) is 12.7. The summed E-state index contributed by atoms with van der Waals surface area (Å²) in [6.07, 6.45) is 20.1. The molecule has 0 fully saturated rings. The largest absolute Gasteiger partial charge is 0.478 e. The van der Waals surface area contributed by atoms with Crippen molar-refractivity contribution in [3.05, 3.63) is 29.3 Å². The number of carbonyl (C=O) groups is 1. The molecule has 0 radical (unpaired) electrons. The van der Waals surface area contributed by atoms with Crippen molar-refractivity contribution in [2.45, 2.75) is 103 Å².